The van der Waals surface area contributed by atoms with Crippen molar-refractivity contribution in [2.24, 2.45) is 0 Å². The summed E-state index contributed by atoms with van der Waals surface area (Å²) in [6.45, 7) is 3.62. The molecule has 0 saturated carbocycles. The molecule has 2 aromatic carbocycles. The molecule has 0 fully saturated rings. The summed E-state index contributed by atoms with van der Waals surface area (Å²) in [6, 6.07) is 15.3. The number of benzene rings is 2. The van der Waals surface area contributed by atoms with Gasteiger partial charge in [0.05, 0.1) is 11.3 Å². The van der Waals surface area contributed by atoms with E-state index in [4.69, 9.17) is 4.42 Å². The van der Waals surface area contributed by atoms with Crippen LogP contribution < -0.4 is 5.32 Å². The van der Waals surface area contributed by atoms with Crippen LogP contribution in [0, 0.1) is 5.82 Å². The Morgan fingerprint density at radius 2 is 1.77 bits per heavy atom. The third-order valence-electron chi connectivity index (χ3n) is 3.80. The van der Waals surface area contributed by atoms with Crippen LogP contribution in [0.25, 0.3) is 11.5 Å². The minimum atomic E-state index is -0.415. The third-order valence-corrected chi connectivity index (χ3v) is 4.74. The second-order valence-corrected chi connectivity index (χ2v) is 7.07. The van der Waals surface area contributed by atoms with E-state index in [0.717, 1.165) is 11.1 Å². The van der Waals surface area contributed by atoms with Crippen molar-refractivity contribution in [2.75, 3.05) is 0 Å². The monoisotopic (exact) mass is 371 g/mol. The Morgan fingerprint density at radius 1 is 1.08 bits per heavy atom. The molecule has 1 heterocycles. The minimum absolute atomic E-state index is 0.161. The summed E-state index contributed by atoms with van der Waals surface area (Å²) < 4.78 is 18.6. The van der Waals surface area contributed by atoms with Gasteiger partial charge in [-0.3, -0.25) is 4.79 Å². The van der Waals surface area contributed by atoms with Crippen LogP contribution >= 0.6 is 11.8 Å². The van der Waals surface area contributed by atoms with Crippen molar-refractivity contribution in [3.05, 3.63) is 66.0 Å². The normalized spacial score (nSPS) is 13.2. The van der Waals surface area contributed by atoms with Crippen molar-refractivity contribution in [1.82, 2.24) is 15.5 Å². The number of hydrogen-bond acceptors (Lipinski definition) is 5. The fourth-order valence-electron chi connectivity index (χ4n) is 2.33. The summed E-state index contributed by atoms with van der Waals surface area (Å²) in [7, 11) is 0. The van der Waals surface area contributed by atoms with E-state index in [1.54, 1.807) is 19.1 Å². The van der Waals surface area contributed by atoms with Crippen molar-refractivity contribution in [3.8, 4) is 11.5 Å². The molecule has 0 aliphatic rings. The van der Waals surface area contributed by atoms with Gasteiger partial charge in [-0.05, 0) is 43.7 Å². The summed E-state index contributed by atoms with van der Waals surface area (Å²) in [5.41, 5.74) is 1.66. The quantitative estimate of drug-likeness (QED) is 0.657. The highest BCUT2D eigenvalue weighted by Crippen LogP contribution is 2.26. The number of carbonyl (C=O) groups excluding carboxylic acids is 1. The van der Waals surface area contributed by atoms with Crippen LogP contribution in [0.4, 0.5) is 4.39 Å². The molecule has 3 rings (SSSR count). The number of carbonyl (C=O) groups is 1. The molecule has 0 bridgehead atoms. The summed E-state index contributed by atoms with van der Waals surface area (Å²) in [5, 5.41) is 10.8. The predicted molar refractivity (Wildman–Crippen MR) is 98.0 cm³/mol. The molecule has 1 aromatic heterocycles. The van der Waals surface area contributed by atoms with E-state index in [2.05, 4.69) is 15.5 Å². The van der Waals surface area contributed by atoms with Crippen molar-refractivity contribution < 1.29 is 13.6 Å². The molecule has 26 heavy (non-hydrogen) atoms. The van der Waals surface area contributed by atoms with E-state index in [1.807, 2.05) is 37.3 Å². The van der Waals surface area contributed by atoms with E-state index in [9.17, 15) is 9.18 Å². The SMILES string of the molecule is CC(Sc1nnc(-c2ccccc2)o1)C(=O)NC(C)c1ccc(F)cc1. The van der Waals surface area contributed by atoms with E-state index in [0.29, 0.717) is 11.1 Å². The Hall–Kier alpha value is -2.67. The average molecular weight is 371 g/mol. The Kier molecular flexibility index (Phi) is 5.68. The summed E-state index contributed by atoms with van der Waals surface area (Å²) in [6.07, 6.45) is 0. The maximum atomic E-state index is 13.0. The van der Waals surface area contributed by atoms with Crippen LogP contribution in [0.15, 0.2) is 64.2 Å². The molecule has 2 unspecified atom stereocenters. The Labute approximate surface area is 155 Å². The van der Waals surface area contributed by atoms with E-state index in [-0.39, 0.29) is 17.8 Å². The first-order valence-corrected chi connectivity index (χ1v) is 9.02. The molecule has 0 aliphatic heterocycles. The molecule has 0 aliphatic carbocycles. The highest BCUT2D eigenvalue weighted by Gasteiger charge is 2.20. The van der Waals surface area contributed by atoms with Gasteiger partial charge in [0.2, 0.25) is 11.8 Å². The highest BCUT2D eigenvalue weighted by molar-refractivity contribution is 8.00. The lowest BCUT2D eigenvalue weighted by Crippen LogP contribution is -2.33. The second kappa shape index (κ2) is 8.14. The second-order valence-electron chi connectivity index (χ2n) is 5.78. The fourth-order valence-corrected chi connectivity index (χ4v) is 3.02. The highest BCUT2D eigenvalue weighted by atomic mass is 32.2. The molecular formula is C19H18FN3O2S. The fraction of sp³-hybridized carbons (Fsp3) is 0.211. The van der Waals surface area contributed by atoms with Crippen LogP contribution in [0.1, 0.15) is 25.5 Å². The molecule has 2 atom stereocenters. The Balaban J connectivity index is 1.59. The topological polar surface area (TPSA) is 68.0 Å². The molecule has 1 N–H and O–H groups in total. The third kappa shape index (κ3) is 4.49. The predicted octanol–water partition coefficient (Wildman–Crippen LogP) is 4.23. The Morgan fingerprint density at radius 3 is 2.46 bits per heavy atom. The first-order chi connectivity index (χ1) is 12.5. The van der Waals surface area contributed by atoms with Crippen LogP contribution in [0.2, 0.25) is 0 Å². The largest absolute Gasteiger partial charge is 0.411 e. The number of thioether (sulfide) groups is 1. The summed E-state index contributed by atoms with van der Waals surface area (Å²) in [5.74, 6) is -0.0477. The Bertz CT molecular complexity index is 868. The number of rotatable bonds is 6. The zero-order chi connectivity index (χ0) is 18.5. The van der Waals surface area contributed by atoms with E-state index >= 15 is 0 Å². The van der Waals surface area contributed by atoms with Crippen LogP contribution in [-0.4, -0.2) is 21.4 Å². The van der Waals surface area contributed by atoms with Gasteiger partial charge in [0.25, 0.3) is 5.22 Å². The van der Waals surface area contributed by atoms with Gasteiger partial charge < -0.3 is 9.73 Å². The van der Waals surface area contributed by atoms with Crippen molar-refractivity contribution in [3.63, 3.8) is 0 Å². The molecule has 0 radical (unpaired) electrons. The van der Waals surface area contributed by atoms with Crippen molar-refractivity contribution in [2.45, 2.75) is 30.4 Å². The maximum Gasteiger partial charge on any atom is 0.277 e. The van der Waals surface area contributed by atoms with Crippen molar-refractivity contribution in [1.29, 1.82) is 0 Å². The van der Waals surface area contributed by atoms with E-state index in [1.165, 1.54) is 23.9 Å². The summed E-state index contributed by atoms with van der Waals surface area (Å²) in [4.78, 5) is 12.4. The molecule has 3 aromatic rings. The van der Waals surface area contributed by atoms with Crippen LogP contribution in [0.5, 0.6) is 0 Å². The summed E-state index contributed by atoms with van der Waals surface area (Å²) >= 11 is 1.19. The molecule has 0 saturated heterocycles. The van der Waals surface area contributed by atoms with Crippen LogP contribution in [-0.2, 0) is 4.79 Å². The van der Waals surface area contributed by atoms with Gasteiger partial charge in [0.1, 0.15) is 5.82 Å². The standard InChI is InChI=1S/C19H18FN3O2S/c1-12(14-8-10-16(20)11-9-14)21-17(24)13(2)26-19-23-22-18(25-19)15-6-4-3-5-7-15/h3-13H,1-2H3,(H,21,24). The lowest BCUT2D eigenvalue weighted by Gasteiger charge is -2.16. The molecular weight excluding hydrogens is 353 g/mol. The zero-order valence-electron chi connectivity index (χ0n) is 14.3. The minimum Gasteiger partial charge on any atom is -0.411 e. The first-order valence-electron chi connectivity index (χ1n) is 8.14. The number of aromatic nitrogens is 2. The van der Waals surface area contributed by atoms with Gasteiger partial charge in [0.15, 0.2) is 0 Å². The molecule has 5 nitrogen and oxygen atoms in total. The first kappa shape index (κ1) is 18.1. The van der Waals surface area contributed by atoms with Gasteiger partial charge in [-0.15, -0.1) is 10.2 Å². The number of nitrogens with one attached hydrogen (secondary N) is 1. The molecule has 1 amide bonds. The van der Waals surface area contributed by atoms with Gasteiger partial charge in [-0.1, -0.05) is 42.1 Å². The number of nitrogens with zero attached hydrogens (tertiary/aromatic N) is 2. The van der Waals surface area contributed by atoms with Gasteiger partial charge >= 0.3 is 0 Å². The molecule has 7 heteroatoms. The molecule has 0 spiro atoms. The van der Waals surface area contributed by atoms with E-state index < -0.39 is 5.25 Å². The lowest BCUT2D eigenvalue weighted by molar-refractivity contribution is -0.120. The van der Waals surface area contributed by atoms with Crippen molar-refractivity contribution >= 4 is 17.7 Å². The average Bonchev–Trinajstić information content (AvgIpc) is 3.11. The van der Waals surface area contributed by atoms with Crippen LogP contribution in [0.3, 0.4) is 0 Å². The van der Waals surface area contributed by atoms with Gasteiger partial charge in [-0.25, -0.2) is 4.39 Å². The number of halogens is 1. The number of amides is 1. The number of hydrogen-bond donors (Lipinski definition) is 1. The van der Waals surface area contributed by atoms with Gasteiger partial charge in [0, 0.05) is 5.56 Å². The lowest BCUT2D eigenvalue weighted by atomic mass is 10.1. The van der Waals surface area contributed by atoms with Gasteiger partial charge in [-0.2, -0.15) is 0 Å². The maximum absolute atomic E-state index is 13.0. The smallest absolute Gasteiger partial charge is 0.277 e. The zero-order valence-corrected chi connectivity index (χ0v) is 15.2. The molecule has 134 valence electrons.